The zero-order valence-electron chi connectivity index (χ0n) is 9.85. The summed E-state index contributed by atoms with van der Waals surface area (Å²) >= 11 is 1.60. The van der Waals surface area contributed by atoms with Crippen molar-refractivity contribution < 1.29 is 4.39 Å². The van der Waals surface area contributed by atoms with E-state index < -0.39 is 0 Å². The van der Waals surface area contributed by atoms with Crippen LogP contribution < -0.4 is 5.32 Å². The van der Waals surface area contributed by atoms with Gasteiger partial charge in [-0.15, -0.1) is 11.3 Å². The average Bonchev–Trinajstić information content (AvgIpc) is 2.91. The molecule has 0 aliphatic heterocycles. The fourth-order valence-electron chi connectivity index (χ4n) is 1.76. The lowest BCUT2D eigenvalue weighted by atomic mass is 10.2. The van der Waals surface area contributed by atoms with Crippen molar-refractivity contribution in [3.8, 4) is 0 Å². The van der Waals surface area contributed by atoms with E-state index in [1.165, 1.54) is 6.07 Å². The Morgan fingerprint density at radius 3 is 3.11 bits per heavy atom. The Balaban J connectivity index is 1.73. The van der Waals surface area contributed by atoms with E-state index in [1.807, 2.05) is 28.2 Å². The highest BCUT2D eigenvalue weighted by molar-refractivity contribution is 7.15. The van der Waals surface area contributed by atoms with Gasteiger partial charge in [0.15, 0.2) is 4.96 Å². The first-order valence-corrected chi connectivity index (χ1v) is 6.51. The first kappa shape index (κ1) is 11.2. The van der Waals surface area contributed by atoms with Crippen LogP contribution in [0.15, 0.2) is 36.0 Å². The monoisotopic (exact) mass is 261 g/mol. The highest BCUT2D eigenvalue weighted by atomic mass is 32.1. The molecule has 0 amide bonds. The Morgan fingerprint density at radius 2 is 2.33 bits per heavy atom. The topological polar surface area (TPSA) is 29.3 Å². The zero-order valence-corrected chi connectivity index (χ0v) is 10.7. The molecule has 2 heterocycles. The summed E-state index contributed by atoms with van der Waals surface area (Å²) in [6.07, 6.45) is 3.95. The van der Waals surface area contributed by atoms with E-state index >= 15 is 0 Å². The molecule has 0 fully saturated rings. The maximum Gasteiger partial charge on any atom is 0.193 e. The molecule has 0 aliphatic rings. The number of hydrogen-bond donors (Lipinski definition) is 1. The Morgan fingerprint density at radius 1 is 1.44 bits per heavy atom. The van der Waals surface area contributed by atoms with Gasteiger partial charge in [-0.2, -0.15) is 0 Å². The van der Waals surface area contributed by atoms with Gasteiger partial charge in [-0.3, -0.25) is 4.40 Å². The van der Waals surface area contributed by atoms with Crippen molar-refractivity contribution in [3.05, 3.63) is 53.0 Å². The lowest BCUT2D eigenvalue weighted by Crippen LogP contribution is -2.00. The summed E-state index contributed by atoms with van der Waals surface area (Å²) in [6, 6.07) is 5.15. The van der Waals surface area contributed by atoms with E-state index in [9.17, 15) is 4.39 Å². The second kappa shape index (κ2) is 4.42. The molecule has 0 bridgehead atoms. The summed E-state index contributed by atoms with van der Waals surface area (Å²) in [6.45, 7) is 2.35. The van der Waals surface area contributed by atoms with Gasteiger partial charge >= 0.3 is 0 Å². The minimum absolute atomic E-state index is 0.189. The number of anilines is 1. The number of nitrogens with one attached hydrogen (secondary N) is 1. The van der Waals surface area contributed by atoms with Crippen LogP contribution in [-0.4, -0.2) is 9.38 Å². The summed E-state index contributed by atoms with van der Waals surface area (Å²) in [5.41, 5.74) is 2.38. The van der Waals surface area contributed by atoms with E-state index in [1.54, 1.807) is 24.3 Å². The van der Waals surface area contributed by atoms with Crippen LogP contribution in [0.5, 0.6) is 0 Å². The third-order valence-corrected chi connectivity index (χ3v) is 3.56. The molecule has 0 radical (unpaired) electrons. The van der Waals surface area contributed by atoms with Gasteiger partial charge in [0.05, 0.1) is 12.2 Å². The number of nitrogens with zero attached hydrogens (tertiary/aromatic N) is 2. The molecule has 0 atom stereocenters. The molecule has 3 aromatic rings. The molecule has 0 saturated carbocycles. The van der Waals surface area contributed by atoms with Crippen LogP contribution in [0.25, 0.3) is 4.96 Å². The molecular formula is C13H12FN3S. The van der Waals surface area contributed by atoms with Gasteiger partial charge in [-0.1, -0.05) is 6.07 Å². The molecule has 2 aromatic heterocycles. The summed E-state index contributed by atoms with van der Waals surface area (Å²) in [5, 5.41) is 5.16. The first-order valence-electron chi connectivity index (χ1n) is 5.63. The molecule has 1 aromatic carbocycles. The Kier molecular flexibility index (Phi) is 2.76. The maximum absolute atomic E-state index is 13.4. The molecule has 18 heavy (non-hydrogen) atoms. The van der Waals surface area contributed by atoms with Crippen LogP contribution >= 0.6 is 11.3 Å². The van der Waals surface area contributed by atoms with Crippen LogP contribution in [-0.2, 0) is 6.54 Å². The quantitative estimate of drug-likeness (QED) is 0.782. The zero-order chi connectivity index (χ0) is 12.5. The maximum atomic E-state index is 13.4. The predicted molar refractivity (Wildman–Crippen MR) is 71.5 cm³/mol. The molecule has 92 valence electrons. The van der Waals surface area contributed by atoms with E-state index in [0.717, 1.165) is 16.3 Å². The van der Waals surface area contributed by atoms with Crippen molar-refractivity contribution >= 4 is 22.0 Å². The highest BCUT2D eigenvalue weighted by Crippen LogP contribution is 2.16. The molecule has 1 N–H and O–H groups in total. The summed E-state index contributed by atoms with van der Waals surface area (Å²) in [7, 11) is 0. The number of imidazole rings is 1. The molecule has 3 nitrogen and oxygen atoms in total. The van der Waals surface area contributed by atoms with E-state index in [0.29, 0.717) is 12.1 Å². The molecule has 3 rings (SSSR count). The number of halogens is 1. The van der Waals surface area contributed by atoms with Crippen molar-refractivity contribution in [1.29, 1.82) is 0 Å². The number of hydrogen-bond acceptors (Lipinski definition) is 3. The molecule has 0 saturated heterocycles. The van der Waals surface area contributed by atoms with E-state index in [2.05, 4.69) is 10.3 Å². The van der Waals surface area contributed by atoms with Gasteiger partial charge in [-0.05, 0) is 24.6 Å². The molecule has 0 spiro atoms. The predicted octanol–water partition coefficient (Wildman–Crippen LogP) is 3.46. The second-order valence-electron chi connectivity index (χ2n) is 4.14. The third kappa shape index (κ3) is 2.09. The second-order valence-corrected chi connectivity index (χ2v) is 5.02. The standard InChI is InChI=1S/C13H12FN3S/c1-9-2-3-10(6-12(9)14)15-7-11-8-17-4-5-18-13(17)16-11/h2-6,8,15H,7H2,1H3. The van der Waals surface area contributed by atoms with E-state index in [4.69, 9.17) is 0 Å². The molecule has 0 aliphatic carbocycles. The summed E-state index contributed by atoms with van der Waals surface area (Å²) in [4.78, 5) is 5.43. The van der Waals surface area contributed by atoms with Gasteiger partial charge in [0, 0.05) is 23.5 Å². The molecule has 5 heteroatoms. The number of aryl methyl sites for hydroxylation is 1. The Hall–Kier alpha value is -1.88. The van der Waals surface area contributed by atoms with Gasteiger partial charge < -0.3 is 5.32 Å². The Bertz CT molecular complexity index is 658. The normalized spacial score (nSPS) is 11.0. The van der Waals surface area contributed by atoms with Crippen LogP contribution in [0, 0.1) is 12.7 Å². The van der Waals surface area contributed by atoms with Gasteiger partial charge in [0.1, 0.15) is 5.82 Å². The first-order chi connectivity index (χ1) is 8.72. The van der Waals surface area contributed by atoms with Crippen molar-refractivity contribution in [2.24, 2.45) is 0 Å². The van der Waals surface area contributed by atoms with Crippen LogP contribution in [0.1, 0.15) is 11.3 Å². The van der Waals surface area contributed by atoms with E-state index in [-0.39, 0.29) is 5.82 Å². The number of fused-ring (bicyclic) bond motifs is 1. The highest BCUT2D eigenvalue weighted by Gasteiger charge is 2.03. The largest absolute Gasteiger partial charge is 0.379 e. The molecular weight excluding hydrogens is 249 g/mol. The smallest absolute Gasteiger partial charge is 0.193 e. The third-order valence-electron chi connectivity index (χ3n) is 2.79. The summed E-state index contributed by atoms with van der Waals surface area (Å²) in [5.74, 6) is -0.189. The number of aromatic nitrogens is 2. The van der Waals surface area contributed by atoms with Crippen LogP contribution in [0.4, 0.5) is 10.1 Å². The number of benzene rings is 1. The minimum Gasteiger partial charge on any atom is -0.379 e. The van der Waals surface area contributed by atoms with Crippen molar-refractivity contribution in [1.82, 2.24) is 9.38 Å². The van der Waals surface area contributed by atoms with Crippen molar-refractivity contribution in [3.63, 3.8) is 0 Å². The van der Waals surface area contributed by atoms with Crippen molar-refractivity contribution in [2.75, 3.05) is 5.32 Å². The SMILES string of the molecule is Cc1ccc(NCc2cn3ccsc3n2)cc1F. The lowest BCUT2D eigenvalue weighted by Gasteiger charge is -2.05. The number of thiazole rings is 1. The van der Waals surface area contributed by atoms with Gasteiger partial charge in [0.2, 0.25) is 0 Å². The molecule has 0 unspecified atom stereocenters. The fourth-order valence-corrected chi connectivity index (χ4v) is 2.48. The van der Waals surface area contributed by atoms with Crippen LogP contribution in [0.3, 0.4) is 0 Å². The van der Waals surface area contributed by atoms with Gasteiger partial charge in [0.25, 0.3) is 0 Å². The fraction of sp³-hybridized carbons (Fsp3) is 0.154. The Labute approximate surface area is 108 Å². The summed E-state index contributed by atoms with van der Waals surface area (Å²) < 4.78 is 15.3. The van der Waals surface area contributed by atoms with Crippen LogP contribution in [0.2, 0.25) is 0 Å². The number of rotatable bonds is 3. The average molecular weight is 261 g/mol. The van der Waals surface area contributed by atoms with Crippen molar-refractivity contribution in [2.45, 2.75) is 13.5 Å². The lowest BCUT2D eigenvalue weighted by molar-refractivity contribution is 0.619. The minimum atomic E-state index is -0.189. The van der Waals surface area contributed by atoms with Gasteiger partial charge in [-0.25, -0.2) is 9.37 Å².